The van der Waals surface area contributed by atoms with Crippen molar-refractivity contribution in [2.24, 2.45) is 0 Å². The average Bonchev–Trinajstić information content (AvgIpc) is 2.52. The summed E-state index contributed by atoms with van der Waals surface area (Å²) in [4.78, 5) is 13.8. The van der Waals surface area contributed by atoms with Gasteiger partial charge in [0.2, 0.25) is 5.43 Å². The number of unbranched alkanes of at least 4 members (excludes halogenated alkanes) is 2. The van der Waals surface area contributed by atoms with Crippen LogP contribution >= 0.6 is 0 Å². The van der Waals surface area contributed by atoms with Gasteiger partial charge in [-0.25, -0.2) is 0 Å². The molecule has 0 fully saturated rings. The molecule has 0 atom stereocenters. The van der Waals surface area contributed by atoms with Crippen molar-refractivity contribution in [3.63, 3.8) is 0 Å². The minimum absolute atomic E-state index is 0.0222. The highest BCUT2D eigenvalue weighted by Gasteiger charge is 2.17. The topological polar surface area (TPSA) is 85.9 Å². The van der Waals surface area contributed by atoms with Gasteiger partial charge in [0.15, 0.2) is 5.75 Å². The molecule has 126 valence electrons. The van der Waals surface area contributed by atoms with Crippen molar-refractivity contribution < 1.29 is 15.3 Å². The fourth-order valence-corrected chi connectivity index (χ4v) is 2.53. The van der Waals surface area contributed by atoms with Crippen molar-refractivity contribution in [1.82, 2.24) is 9.47 Å². The van der Waals surface area contributed by atoms with Crippen LogP contribution < -0.4 is 5.43 Å². The first kappa shape index (κ1) is 18.7. The molecule has 3 N–H and O–H groups in total. The van der Waals surface area contributed by atoms with E-state index in [9.17, 15) is 15.0 Å². The molecule has 0 saturated heterocycles. The van der Waals surface area contributed by atoms with Crippen LogP contribution in [0.15, 0.2) is 10.9 Å². The molecule has 6 heteroatoms. The van der Waals surface area contributed by atoms with E-state index in [-0.39, 0.29) is 19.0 Å². The lowest BCUT2D eigenvalue weighted by atomic mass is 10.2. The zero-order valence-corrected chi connectivity index (χ0v) is 13.6. The highest BCUT2D eigenvalue weighted by molar-refractivity contribution is 5.30. The van der Waals surface area contributed by atoms with Gasteiger partial charge in [0.05, 0.1) is 18.9 Å². The van der Waals surface area contributed by atoms with Gasteiger partial charge in [-0.15, -0.1) is 0 Å². The van der Waals surface area contributed by atoms with Gasteiger partial charge < -0.3 is 19.9 Å². The Kier molecular flexibility index (Phi) is 8.16. The second kappa shape index (κ2) is 9.61. The Labute approximate surface area is 131 Å². The minimum atomic E-state index is -0.467. The number of aliphatic hydroxyl groups is 2. The fourth-order valence-electron chi connectivity index (χ4n) is 2.53. The van der Waals surface area contributed by atoms with Crippen LogP contribution in [0.3, 0.4) is 0 Å². The maximum absolute atomic E-state index is 11.9. The van der Waals surface area contributed by atoms with E-state index in [1.54, 1.807) is 0 Å². The smallest absolute Gasteiger partial charge is 0.223 e. The van der Waals surface area contributed by atoms with E-state index in [0.717, 1.165) is 19.3 Å². The second-order valence-corrected chi connectivity index (χ2v) is 5.40. The summed E-state index contributed by atoms with van der Waals surface area (Å²) in [5, 5.41) is 28.8. The molecule has 0 spiro atoms. The summed E-state index contributed by atoms with van der Waals surface area (Å²) < 4.78 is 1.84. The van der Waals surface area contributed by atoms with Crippen LogP contribution in [0.5, 0.6) is 5.75 Å². The molecule has 0 aliphatic rings. The van der Waals surface area contributed by atoms with E-state index in [1.165, 1.54) is 6.07 Å². The maximum atomic E-state index is 11.9. The van der Waals surface area contributed by atoms with Gasteiger partial charge in [-0.2, -0.15) is 0 Å². The molecular weight excluding hydrogens is 284 g/mol. The molecule has 1 rings (SSSR count). The van der Waals surface area contributed by atoms with Crippen LogP contribution in [0.25, 0.3) is 0 Å². The van der Waals surface area contributed by atoms with Crippen LogP contribution in [0.4, 0.5) is 0 Å². The van der Waals surface area contributed by atoms with Gasteiger partial charge in [-0.05, 0) is 13.0 Å². The Morgan fingerprint density at radius 2 is 1.95 bits per heavy atom. The van der Waals surface area contributed by atoms with E-state index in [1.807, 2.05) is 16.4 Å². The average molecular weight is 312 g/mol. The molecule has 0 aliphatic carbocycles. The van der Waals surface area contributed by atoms with Gasteiger partial charge in [0.25, 0.3) is 0 Å². The van der Waals surface area contributed by atoms with Crippen LogP contribution in [0.2, 0.25) is 0 Å². The van der Waals surface area contributed by atoms with Crippen molar-refractivity contribution in [3.05, 3.63) is 27.7 Å². The molecule has 1 aromatic heterocycles. The molecule has 0 bridgehead atoms. The highest BCUT2D eigenvalue weighted by atomic mass is 16.3. The van der Waals surface area contributed by atoms with Crippen molar-refractivity contribution in [3.8, 4) is 5.75 Å². The molecule has 0 radical (unpaired) electrons. The number of aliphatic hydroxyl groups excluding tert-OH is 2. The number of rotatable bonds is 10. The third-order valence-corrected chi connectivity index (χ3v) is 3.86. The van der Waals surface area contributed by atoms with Crippen LogP contribution in [-0.2, 0) is 19.7 Å². The highest BCUT2D eigenvalue weighted by Crippen LogP contribution is 2.18. The van der Waals surface area contributed by atoms with Crippen molar-refractivity contribution >= 4 is 0 Å². The lowest BCUT2D eigenvalue weighted by molar-refractivity contribution is 0.190. The molecule has 1 heterocycles. The number of hydrogen-bond donors (Lipinski definition) is 3. The Morgan fingerprint density at radius 3 is 2.50 bits per heavy atom. The molecule has 0 unspecified atom stereocenters. The SMILES string of the molecule is CCCCCn1c(CO)cc(=O)c(O)c1CN(CC)CCO. The largest absolute Gasteiger partial charge is 0.503 e. The predicted molar refractivity (Wildman–Crippen MR) is 85.9 cm³/mol. The number of pyridine rings is 1. The Hall–Kier alpha value is -1.37. The third kappa shape index (κ3) is 4.83. The Morgan fingerprint density at radius 1 is 1.23 bits per heavy atom. The summed E-state index contributed by atoms with van der Waals surface area (Å²) in [5.74, 6) is -0.259. The quantitative estimate of drug-likeness (QED) is 0.562. The molecule has 1 aromatic rings. The molecular formula is C16H28N2O4. The zero-order chi connectivity index (χ0) is 16.5. The monoisotopic (exact) mass is 312 g/mol. The number of aromatic hydroxyl groups is 1. The Balaban J connectivity index is 3.18. The van der Waals surface area contributed by atoms with Crippen LogP contribution in [-0.4, -0.2) is 44.5 Å². The van der Waals surface area contributed by atoms with E-state index >= 15 is 0 Å². The first-order valence-electron chi connectivity index (χ1n) is 7.97. The van der Waals surface area contributed by atoms with E-state index in [2.05, 4.69) is 6.92 Å². The standard InChI is InChI=1S/C16H28N2O4/c1-3-5-6-7-18-13(12-20)10-15(21)16(22)14(18)11-17(4-2)8-9-19/h10,19-20,22H,3-9,11-12H2,1-2H3. The molecule has 0 aromatic carbocycles. The first-order valence-corrected chi connectivity index (χ1v) is 7.97. The van der Waals surface area contributed by atoms with Gasteiger partial charge in [0, 0.05) is 31.4 Å². The van der Waals surface area contributed by atoms with Crippen molar-refractivity contribution in [1.29, 1.82) is 0 Å². The lowest BCUT2D eigenvalue weighted by Gasteiger charge is -2.24. The van der Waals surface area contributed by atoms with Crippen molar-refractivity contribution in [2.45, 2.75) is 52.8 Å². The molecule has 0 amide bonds. The van der Waals surface area contributed by atoms with Crippen molar-refractivity contribution in [2.75, 3.05) is 19.7 Å². The summed E-state index contributed by atoms with van der Waals surface area (Å²) in [7, 11) is 0. The number of aromatic nitrogens is 1. The normalized spacial score (nSPS) is 11.3. The molecule has 0 saturated carbocycles. The predicted octanol–water partition coefficient (Wildman–Crippen LogP) is 1.05. The molecule has 0 aliphatic heterocycles. The van der Waals surface area contributed by atoms with Gasteiger partial charge in [-0.3, -0.25) is 9.69 Å². The van der Waals surface area contributed by atoms with E-state index in [4.69, 9.17) is 5.11 Å². The third-order valence-electron chi connectivity index (χ3n) is 3.86. The maximum Gasteiger partial charge on any atom is 0.223 e. The zero-order valence-electron chi connectivity index (χ0n) is 13.6. The molecule has 6 nitrogen and oxygen atoms in total. The summed E-state index contributed by atoms with van der Waals surface area (Å²) >= 11 is 0. The lowest BCUT2D eigenvalue weighted by Crippen LogP contribution is -2.30. The number of likely N-dealkylation sites (N-methyl/N-ethyl adjacent to an activating group) is 1. The summed E-state index contributed by atoms with van der Waals surface area (Å²) in [6, 6.07) is 1.30. The summed E-state index contributed by atoms with van der Waals surface area (Å²) in [6.07, 6.45) is 3.04. The minimum Gasteiger partial charge on any atom is -0.503 e. The number of nitrogens with zero attached hydrogens (tertiary/aromatic N) is 2. The fraction of sp³-hybridized carbons (Fsp3) is 0.688. The van der Waals surface area contributed by atoms with E-state index < -0.39 is 5.43 Å². The van der Waals surface area contributed by atoms with Crippen LogP contribution in [0.1, 0.15) is 44.5 Å². The van der Waals surface area contributed by atoms with Gasteiger partial charge in [-0.1, -0.05) is 26.7 Å². The van der Waals surface area contributed by atoms with Gasteiger partial charge in [0.1, 0.15) is 0 Å². The molecule has 22 heavy (non-hydrogen) atoms. The summed E-state index contributed by atoms with van der Waals surface area (Å²) in [5.41, 5.74) is 0.572. The number of hydrogen-bond acceptors (Lipinski definition) is 5. The van der Waals surface area contributed by atoms with E-state index in [0.29, 0.717) is 37.6 Å². The second-order valence-electron chi connectivity index (χ2n) is 5.40. The van der Waals surface area contributed by atoms with Gasteiger partial charge >= 0.3 is 0 Å². The first-order chi connectivity index (χ1) is 10.6. The van der Waals surface area contributed by atoms with Crippen LogP contribution in [0, 0.1) is 0 Å². The summed E-state index contributed by atoms with van der Waals surface area (Å²) in [6.45, 7) is 6.06. The Bertz CT molecular complexity index is 514.